The summed E-state index contributed by atoms with van der Waals surface area (Å²) >= 11 is 5.60. The molecule has 1 aromatic heterocycles. The predicted octanol–water partition coefficient (Wildman–Crippen LogP) is 2.90. The lowest BCUT2D eigenvalue weighted by Gasteiger charge is -2.33. The van der Waals surface area contributed by atoms with Crippen LogP contribution in [0.4, 0.5) is 13.2 Å². The molecule has 0 radical (unpaired) electrons. The van der Waals surface area contributed by atoms with E-state index < -0.39 is 12.1 Å². The molecule has 0 N–H and O–H groups in total. The lowest BCUT2D eigenvalue weighted by Crippen LogP contribution is -2.41. The minimum absolute atomic E-state index is 0.0355. The van der Waals surface area contributed by atoms with Crippen LogP contribution in [0.15, 0.2) is 12.1 Å². The van der Waals surface area contributed by atoms with E-state index in [1.54, 1.807) is 17.0 Å². The molecule has 1 unspecified atom stereocenters. The summed E-state index contributed by atoms with van der Waals surface area (Å²) in [7, 11) is 0. The second-order valence-electron chi connectivity index (χ2n) is 4.46. The number of rotatable bonds is 2. The Balaban J connectivity index is 1.95. The number of likely N-dealkylation sites (tertiary alicyclic amines) is 1. The van der Waals surface area contributed by atoms with Gasteiger partial charge in [0.25, 0.3) is 0 Å². The van der Waals surface area contributed by atoms with Crippen molar-refractivity contribution in [3.05, 3.63) is 23.0 Å². The molecular weight excluding hydrogens is 267 g/mol. The molecule has 1 aromatic rings. The Bertz CT molecular complexity index is 394. The molecule has 0 amide bonds. The van der Waals surface area contributed by atoms with Crippen molar-refractivity contribution in [2.24, 2.45) is 5.92 Å². The van der Waals surface area contributed by atoms with Crippen LogP contribution >= 0.6 is 11.6 Å². The van der Waals surface area contributed by atoms with Gasteiger partial charge in [-0.25, -0.2) is 0 Å². The van der Waals surface area contributed by atoms with Crippen LogP contribution in [0.5, 0.6) is 0 Å². The first kappa shape index (κ1) is 13.5. The summed E-state index contributed by atoms with van der Waals surface area (Å²) < 4.78 is 37.9. The Morgan fingerprint density at radius 2 is 2.11 bits per heavy atom. The van der Waals surface area contributed by atoms with E-state index in [4.69, 9.17) is 11.6 Å². The number of halogens is 4. The highest BCUT2D eigenvalue weighted by Crippen LogP contribution is 2.33. The number of alkyl halides is 3. The minimum Gasteiger partial charge on any atom is -0.297 e. The molecule has 100 valence electrons. The zero-order chi connectivity index (χ0) is 13.2. The third-order valence-electron chi connectivity index (χ3n) is 3.04. The zero-order valence-corrected chi connectivity index (χ0v) is 10.4. The Morgan fingerprint density at radius 3 is 2.72 bits per heavy atom. The van der Waals surface area contributed by atoms with Crippen LogP contribution in [0, 0.1) is 5.92 Å². The summed E-state index contributed by atoms with van der Waals surface area (Å²) in [6.45, 7) is 1.08. The van der Waals surface area contributed by atoms with Crippen molar-refractivity contribution in [3.63, 3.8) is 0 Å². The Hall–Kier alpha value is -0.880. The van der Waals surface area contributed by atoms with Gasteiger partial charge in [0.2, 0.25) is 0 Å². The lowest BCUT2D eigenvalue weighted by molar-refractivity contribution is -0.187. The molecule has 7 heteroatoms. The van der Waals surface area contributed by atoms with Crippen LogP contribution in [0.2, 0.25) is 5.15 Å². The number of hydrogen-bond acceptors (Lipinski definition) is 3. The second kappa shape index (κ2) is 5.40. The van der Waals surface area contributed by atoms with E-state index in [1.807, 2.05) is 0 Å². The number of aromatic nitrogens is 2. The summed E-state index contributed by atoms with van der Waals surface area (Å²) in [5, 5.41) is 7.82. The molecule has 0 bridgehead atoms. The Labute approximate surface area is 108 Å². The van der Waals surface area contributed by atoms with E-state index in [-0.39, 0.29) is 18.1 Å². The highest BCUT2D eigenvalue weighted by molar-refractivity contribution is 6.29. The fourth-order valence-electron chi connectivity index (χ4n) is 2.12. The van der Waals surface area contributed by atoms with Gasteiger partial charge in [0.15, 0.2) is 5.15 Å². The predicted molar refractivity (Wildman–Crippen MR) is 61.1 cm³/mol. The van der Waals surface area contributed by atoms with Gasteiger partial charge < -0.3 is 0 Å². The SMILES string of the molecule is FC(F)(F)C1CCCN(Cc2ccc(Cl)nn2)C1. The van der Waals surface area contributed by atoms with E-state index in [2.05, 4.69) is 10.2 Å². The molecular formula is C11H13ClF3N3. The molecule has 18 heavy (non-hydrogen) atoms. The topological polar surface area (TPSA) is 29.0 Å². The summed E-state index contributed by atoms with van der Waals surface area (Å²) in [6.07, 6.45) is -3.33. The number of hydrogen-bond donors (Lipinski definition) is 0. The molecule has 0 spiro atoms. The maximum atomic E-state index is 12.6. The molecule has 1 saturated heterocycles. The molecule has 2 rings (SSSR count). The average Bonchev–Trinajstić information content (AvgIpc) is 2.31. The average molecular weight is 280 g/mol. The molecule has 0 aliphatic carbocycles. The molecule has 1 fully saturated rings. The molecule has 0 saturated carbocycles. The molecule has 1 aliphatic heterocycles. The molecule has 3 nitrogen and oxygen atoms in total. The third kappa shape index (κ3) is 3.55. The summed E-state index contributed by atoms with van der Waals surface area (Å²) in [5.74, 6) is -1.23. The number of piperidine rings is 1. The summed E-state index contributed by atoms with van der Waals surface area (Å²) in [4.78, 5) is 1.76. The first-order valence-electron chi connectivity index (χ1n) is 5.72. The van der Waals surface area contributed by atoms with Gasteiger partial charge in [-0.05, 0) is 31.5 Å². The lowest BCUT2D eigenvalue weighted by atomic mass is 9.97. The molecule has 2 heterocycles. The normalized spacial score (nSPS) is 22.1. The summed E-state index contributed by atoms with van der Waals surface area (Å²) in [5.41, 5.74) is 0.641. The minimum atomic E-state index is -4.11. The van der Waals surface area contributed by atoms with Gasteiger partial charge in [0.1, 0.15) is 0 Å². The van der Waals surface area contributed by atoms with E-state index in [0.29, 0.717) is 25.2 Å². The molecule has 0 aromatic carbocycles. The van der Waals surface area contributed by atoms with Gasteiger partial charge in [0.05, 0.1) is 11.6 Å². The van der Waals surface area contributed by atoms with Crippen molar-refractivity contribution >= 4 is 11.6 Å². The highest BCUT2D eigenvalue weighted by Gasteiger charge is 2.41. The van der Waals surface area contributed by atoms with Crippen molar-refractivity contribution in [2.75, 3.05) is 13.1 Å². The van der Waals surface area contributed by atoms with E-state index in [9.17, 15) is 13.2 Å². The molecule has 1 aliphatic rings. The van der Waals surface area contributed by atoms with Gasteiger partial charge in [-0.3, -0.25) is 4.90 Å². The standard InChI is InChI=1S/C11H13ClF3N3/c12-10-4-3-9(16-17-10)7-18-5-1-2-8(6-18)11(13,14)15/h3-4,8H,1-2,5-7H2. The monoisotopic (exact) mass is 279 g/mol. The van der Waals surface area contributed by atoms with Gasteiger partial charge in [-0.15, -0.1) is 5.10 Å². The smallest absolute Gasteiger partial charge is 0.297 e. The Morgan fingerprint density at radius 1 is 1.33 bits per heavy atom. The maximum Gasteiger partial charge on any atom is 0.393 e. The first-order valence-corrected chi connectivity index (χ1v) is 6.10. The van der Waals surface area contributed by atoms with Crippen LogP contribution in [-0.2, 0) is 6.54 Å². The van der Waals surface area contributed by atoms with E-state index in [0.717, 1.165) is 0 Å². The fourth-order valence-corrected chi connectivity index (χ4v) is 2.22. The van der Waals surface area contributed by atoms with Crippen LogP contribution < -0.4 is 0 Å². The van der Waals surface area contributed by atoms with E-state index >= 15 is 0 Å². The van der Waals surface area contributed by atoms with Crippen LogP contribution in [0.1, 0.15) is 18.5 Å². The Kier molecular flexibility index (Phi) is 4.07. The summed E-state index contributed by atoms with van der Waals surface area (Å²) in [6, 6.07) is 3.28. The third-order valence-corrected chi connectivity index (χ3v) is 3.24. The van der Waals surface area contributed by atoms with Gasteiger partial charge in [-0.2, -0.15) is 18.3 Å². The van der Waals surface area contributed by atoms with Crippen LogP contribution in [0.25, 0.3) is 0 Å². The fraction of sp³-hybridized carbons (Fsp3) is 0.636. The van der Waals surface area contributed by atoms with Crippen molar-refractivity contribution in [1.29, 1.82) is 0 Å². The van der Waals surface area contributed by atoms with Gasteiger partial charge in [-0.1, -0.05) is 11.6 Å². The van der Waals surface area contributed by atoms with Crippen molar-refractivity contribution < 1.29 is 13.2 Å². The first-order chi connectivity index (χ1) is 8.45. The zero-order valence-electron chi connectivity index (χ0n) is 9.62. The van der Waals surface area contributed by atoms with Gasteiger partial charge in [0, 0.05) is 13.1 Å². The van der Waals surface area contributed by atoms with Crippen LogP contribution in [-0.4, -0.2) is 34.4 Å². The van der Waals surface area contributed by atoms with Crippen molar-refractivity contribution in [1.82, 2.24) is 15.1 Å². The molecule has 1 atom stereocenters. The van der Waals surface area contributed by atoms with Crippen LogP contribution in [0.3, 0.4) is 0 Å². The van der Waals surface area contributed by atoms with Crippen molar-refractivity contribution in [2.45, 2.75) is 25.6 Å². The maximum absolute atomic E-state index is 12.6. The van der Waals surface area contributed by atoms with Gasteiger partial charge >= 0.3 is 6.18 Å². The van der Waals surface area contributed by atoms with E-state index in [1.165, 1.54) is 0 Å². The largest absolute Gasteiger partial charge is 0.393 e. The number of nitrogens with zero attached hydrogens (tertiary/aromatic N) is 3. The van der Waals surface area contributed by atoms with Crippen molar-refractivity contribution in [3.8, 4) is 0 Å². The quantitative estimate of drug-likeness (QED) is 0.833. The second-order valence-corrected chi connectivity index (χ2v) is 4.85. The highest BCUT2D eigenvalue weighted by atomic mass is 35.5.